The first kappa shape index (κ1) is 25.5. The van der Waals surface area contributed by atoms with Gasteiger partial charge in [-0.05, 0) is 54.8 Å². The largest absolute Gasteiger partial charge is 0.339 e. The van der Waals surface area contributed by atoms with E-state index in [1.807, 2.05) is 30.3 Å². The molecule has 1 aromatic heterocycles. The minimum Gasteiger partial charge on any atom is -0.339 e. The Bertz CT molecular complexity index is 1290. The van der Waals surface area contributed by atoms with E-state index in [0.717, 1.165) is 43.5 Å². The summed E-state index contributed by atoms with van der Waals surface area (Å²) in [5.74, 6) is -1.69. The van der Waals surface area contributed by atoms with Crippen molar-refractivity contribution in [2.24, 2.45) is 0 Å². The van der Waals surface area contributed by atoms with Crippen LogP contribution < -0.4 is 15.4 Å². The molecule has 0 bridgehead atoms. The lowest BCUT2D eigenvalue weighted by molar-refractivity contribution is -0.118. The fourth-order valence-electron chi connectivity index (χ4n) is 4.08. The first-order chi connectivity index (χ1) is 17.3. The Morgan fingerprint density at radius 1 is 0.972 bits per heavy atom. The van der Waals surface area contributed by atoms with Crippen molar-refractivity contribution in [1.29, 1.82) is 0 Å². The number of anilines is 1. The quantitative estimate of drug-likeness (QED) is 0.408. The molecule has 0 radical (unpaired) electrons. The lowest BCUT2D eigenvalue weighted by Gasteiger charge is -2.19. The van der Waals surface area contributed by atoms with Gasteiger partial charge in [-0.3, -0.25) is 9.59 Å². The van der Waals surface area contributed by atoms with Crippen LogP contribution in [0.25, 0.3) is 0 Å². The number of carbonyl (C=O) groups is 2. The van der Waals surface area contributed by atoms with E-state index >= 15 is 0 Å². The number of sulfonamides is 1. The fraction of sp³-hybridized carbons (Fsp3) is 0.269. The summed E-state index contributed by atoms with van der Waals surface area (Å²) in [5.41, 5.74) is 1.18. The summed E-state index contributed by atoms with van der Waals surface area (Å²) in [6.07, 6.45) is 4.81. The maximum Gasteiger partial charge on any atom is 0.270 e. The number of nitrogens with zero attached hydrogens (tertiary/aromatic N) is 1. The van der Waals surface area contributed by atoms with Crippen molar-refractivity contribution in [3.05, 3.63) is 90.0 Å². The van der Waals surface area contributed by atoms with Crippen molar-refractivity contribution < 1.29 is 22.4 Å². The molecule has 1 atom stereocenters. The van der Waals surface area contributed by atoms with Crippen LogP contribution in [0.2, 0.25) is 0 Å². The number of benzene rings is 2. The van der Waals surface area contributed by atoms with E-state index in [1.165, 1.54) is 30.3 Å². The molecule has 8 nitrogen and oxygen atoms in total. The van der Waals surface area contributed by atoms with Crippen LogP contribution in [0.15, 0.2) is 77.8 Å². The fourth-order valence-corrected chi connectivity index (χ4v) is 5.38. The van der Waals surface area contributed by atoms with Crippen molar-refractivity contribution in [3.8, 4) is 0 Å². The van der Waals surface area contributed by atoms with E-state index in [2.05, 4.69) is 20.3 Å². The van der Waals surface area contributed by atoms with Crippen molar-refractivity contribution in [3.63, 3.8) is 0 Å². The molecule has 1 saturated carbocycles. The highest BCUT2D eigenvalue weighted by molar-refractivity contribution is 7.89. The molecule has 1 fully saturated rings. The Balaban J connectivity index is 1.46. The molecular formula is C26H27FN4O4S. The molecule has 0 spiro atoms. The summed E-state index contributed by atoms with van der Waals surface area (Å²) in [4.78, 5) is 29.7. The molecule has 3 N–H and O–H groups in total. The summed E-state index contributed by atoms with van der Waals surface area (Å²) in [6, 6.07) is 16.4. The minimum absolute atomic E-state index is 0.0217. The molecular weight excluding hydrogens is 483 g/mol. The van der Waals surface area contributed by atoms with Gasteiger partial charge in [0.1, 0.15) is 17.6 Å². The number of rotatable bonds is 9. The molecule has 1 aliphatic carbocycles. The van der Waals surface area contributed by atoms with Gasteiger partial charge in [-0.25, -0.2) is 22.5 Å². The number of amides is 2. The van der Waals surface area contributed by atoms with E-state index in [1.54, 1.807) is 0 Å². The summed E-state index contributed by atoms with van der Waals surface area (Å²) < 4.78 is 41.2. The molecule has 0 unspecified atom stereocenters. The minimum atomic E-state index is -3.65. The molecule has 188 valence electrons. The predicted octanol–water partition coefficient (Wildman–Crippen LogP) is 3.42. The first-order valence-corrected chi connectivity index (χ1v) is 13.2. The third kappa shape index (κ3) is 6.73. The van der Waals surface area contributed by atoms with Crippen LogP contribution in [0.5, 0.6) is 0 Å². The highest BCUT2D eigenvalue weighted by Crippen LogP contribution is 2.21. The number of carbonyl (C=O) groups excluding carboxylic acids is 2. The number of hydrogen-bond donors (Lipinski definition) is 3. The topological polar surface area (TPSA) is 117 Å². The van der Waals surface area contributed by atoms with Crippen molar-refractivity contribution >= 4 is 27.5 Å². The van der Waals surface area contributed by atoms with Gasteiger partial charge in [-0.15, -0.1) is 0 Å². The highest BCUT2D eigenvalue weighted by atomic mass is 32.2. The van der Waals surface area contributed by atoms with Gasteiger partial charge in [0.05, 0.1) is 11.1 Å². The van der Waals surface area contributed by atoms with Crippen LogP contribution in [0.4, 0.5) is 10.1 Å². The third-order valence-electron chi connectivity index (χ3n) is 5.97. The van der Waals surface area contributed by atoms with Crippen molar-refractivity contribution in [2.45, 2.75) is 49.1 Å². The first-order valence-electron chi connectivity index (χ1n) is 11.7. The molecule has 2 amide bonds. The van der Waals surface area contributed by atoms with Crippen LogP contribution in [0.3, 0.4) is 0 Å². The Kier molecular flexibility index (Phi) is 8.07. The maximum atomic E-state index is 13.2. The number of aromatic nitrogens is 1. The second-order valence-electron chi connectivity index (χ2n) is 8.69. The Morgan fingerprint density at radius 2 is 1.67 bits per heavy atom. The van der Waals surface area contributed by atoms with Crippen molar-refractivity contribution in [2.75, 3.05) is 5.32 Å². The maximum absolute atomic E-state index is 13.2. The van der Waals surface area contributed by atoms with Crippen LogP contribution in [-0.4, -0.2) is 37.3 Å². The van der Waals surface area contributed by atoms with E-state index in [9.17, 15) is 22.4 Å². The van der Waals surface area contributed by atoms with Gasteiger partial charge < -0.3 is 10.6 Å². The Labute approximate surface area is 209 Å². The van der Waals surface area contributed by atoms with Crippen LogP contribution in [0.1, 0.15) is 41.7 Å². The standard InChI is InChI=1S/C26H27FN4O4S/c27-19-10-15-23(28-17-19)25(32)30-24(16-18-6-2-1-3-7-18)26(33)29-20-11-13-22(14-12-20)36(34,35)31-21-8-4-5-9-21/h1-3,6-7,10-15,17,21,24,31H,4-5,8-9,16H2,(H,29,33)(H,30,32)/t24-/m0/s1. The molecule has 0 aliphatic heterocycles. The zero-order valence-corrected chi connectivity index (χ0v) is 20.3. The zero-order valence-electron chi connectivity index (χ0n) is 19.5. The van der Waals surface area contributed by atoms with Gasteiger partial charge >= 0.3 is 0 Å². The predicted molar refractivity (Wildman–Crippen MR) is 133 cm³/mol. The molecule has 3 aromatic rings. The van der Waals surface area contributed by atoms with Crippen LogP contribution >= 0.6 is 0 Å². The lowest BCUT2D eigenvalue weighted by atomic mass is 10.0. The van der Waals surface area contributed by atoms with Gasteiger partial charge in [-0.2, -0.15) is 0 Å². The SMILES string of the molecule is O=C(N[C@@H](Cc1ccccc1)C(=O)Nc1ccc(S(=O)(=O)NC2CCCC2)cc1)c1ccc(F)cn1. The smallest absolute Gasteiger partial charge is 0.270 e. The number of halogens is 1. The average Bonchev–Trinajstić information content (AvgIpc) is 3.37. The number of pyridine rings is 1. The molecule has 36 heavy (non-hydrogen) atoms. The lowest BCUT2D eigenvalue weighted by Crippen LogP contribution is -2.45. The third-order valence-corrected chi connectivity index (χ3v) is 7.51. The molecule has 10 heteroatoms. The summed E-state index contributed by atoms with van der Waals surface area (Å²) in [6.45, 7) is 0. The van der Waals surface area contributed by atoms with E-state index in [-0.39, 0.29) is 23.1 Å². The Hall–Kier alpha value is -3.63. The van der Waals surface area contributed by atoms with Gasteiger partial charge in [0.15, 0.2) is 0 Å². The number of hydrogen-bond acceptors (Lipinski definition) is 5. The number of nitrogens with one attached hydrogen (secondary N) is 3. The molecule has 4 rings (SSSR count). The second kappa shape index (κ2) is 11.4. The van der Waals surface area contributed by atoms with E-state index in [0.29, 0.717) is 5.69 Å². The van der Waals surface area contributed by atoms with Gasteiger partial charge in [0.2, 0.25) is 15.9 Å². The zero-order chi connectivity index (χ0) is 25.5. The summed E-state index contributed by atoms with van der Waals surface area (Å²) in [7, 11) is -3.65. The summed E-state index contributed by atoms with van der Waals surface area (Å²) >= 11 is 0. The molecule has 1 aliphatic rings. The van der Waals surface area contributed by atoms with E-state index in [4.69, 9.17) is 0 Å². The molecule has 2 aromatic carbocycles. The van der Waals surface area contributed by atoms with E-state index < -0.39 is 33.7 Å². The Morgan fingerprint density at radius 3 is 2.31 bits per heavy atom. The normalized spacial score (nSPS) is 14.8. The second-order valence-corrected chi connectivity index (χ2v) is 10.4. The average molecular weight is 511 g/mol. The van der Waals surface area contributed by atoms with Crippen molar-refractivity contribution in [1.82, 2.24) is 15.0 Å². The highest BCUT2D eigenvalue weighted by Gasteiger charge is 2.25. The van der Waals surface area contributed by atoms with Crippen LogP contribution in [-0.2, 0) is 21.2 Å². The van der Waals surface area contributed by atoms with Gasteiger partial charge in [0.25, 0.3) is 5.91 Å². The molecule has 0 saturated heterocycles. The van der Waals surface area contributed by atoms with Gasteiger partial charge in [0, 0.05) is 18.2 Å². The van der Waals surface area contributed by atoms with Gasteiger partial charge in [-0.1, -0.05) is 43.2 Å². The molecule has 1 heterocycles. The van der Waals surface area contributed by atoms with Crippen LogP contribution in [0, 0.1) is 5.82 Å². The monoisotopic (exact) mass is 510 g/mol. The summed E-state index contributed by atoms with van der Waals surface area (Å²) in [5, 5.41) is 5.39.